The molecule has 2 aliphatic heterocycles. The predicted molar refractivity (Wildman–Crippen MR) is 130 cm³/mol. The number of hydrogen-bond donors (Lipinski definition) is 0. The first-order chi connectivity index (χ1) is 16.5. The molecule has 0 saturated carbocycles. The van der Waals surface area contributed by atoms with Gasteiger partial charge in [-0.3, -0.25) is 14.0 Å². The quantitative estimate of drug-likeness (QED) is 0.390. The summed E-state index contributed by atoms with van der Waals surface area (Å²) in [5.41, 5.74) is 5.66. The van der Waals surface area contributed by atoms with E-state index in [1.807, 2.05) is 48.1 Å². The Morgan fingerprint density at radius 2 is 1.79 bits per heavy atom. The molecule has 0 spiro atoms. The molecule has 2 bridgehead atoms. The van der Waals surface area contributed by atoms with Crippen LogP contribution in [0.4, 0.5) is 0 Å². The molecule has 4 heterocycles. The number of aromatic nitrogens is 5. The summed E-state index contributed by atoms with van der Waals surface area (Å²) in [5, 5.41) is 13.8. The predicted octanol–water partition coefficient (Wildman–Crippen LogP) is 5.27. The number of halogens is 2. The zero-order valence-electron chi connectivity index (χ0n) is 18.5. The van der Waals surface area contributed by atoms with Crippen LogP contribution in [-0.2, 0) is 13.5 Å². The summed E-state index contributed by atoms with van der Waals surface area (Å²) in [5.74, 6) is 0.0354. The molecule has 6 rings (SSSR count). The van der Waals surface area contributed by atoms with E-state index in [1.54, 1.807) is 23.3 Å². The van der Waals surface area contributed by atoms with Crippen LogP contribution in [0.15, 0.2) is 55.1 Å². The van der Waals surface area contributed by atoms with Gasteiger partial charge in [0.1, 0.15) is 12.7 Å². The number of fused-ring (bicyclic) bond motifs is 4. The van der Waals surface area contributed by atoms with Crippen LogP contribution in [0.5, 0.6) is 0 Å². The number of aryl methyl sites for hydroxylation is 1. The van der Waals surface area contributed by atoms with Crippen molar-refractivity contribution in [3.63, 3.8) is 0 Å². The van der Waals surface area contributed by atoms with Gasteiger partial charge in [-0.25, -0.2) is 0 Å². The van der Waals surface area contributed by atoms with E-state index in [0.29, 0.717) is 15.6 Å². The summed E-state index contributed by atoms with van der Waals surface area (Å²) in [7, 11) is 1.95. The van der Waals surface area contributed by atoms with Gasteiger partial charge in [0, 0.05) is 45.5 Å². The van der Waals surface area contributed by atoms with Crippen LogP contribution >= 0.6 is 23.2 Å². The second-order valence-corrected chi connectivity index (χ2v) is 9.80. The number of piperidine rings is 1. The molecular formula is C25H22Cl2N6O. The summed E-state index contributed by atoms with van der Waals surface area (Å²) in [6.07, 6.45) is 6.96. The number of rotatable bonds is 3. The Morgan fingerprint density at radius 1 is 1.03 bits per heavy atom. The topological polar surface area (TPSA) is 68.8 Å². The third kappa shape index (κ3) is 3.51. The van der Waals surface area contributed by atoms with E-state index in [-0.39, 0.29) is 18.0 Å². The molecule has 0 radical (unpaired) electrons. The van der Waals surface area contributed by atoms with Gasteiger partial charge < -0.3 is 4.90 Å². The highest BCUT2D eigenvalue weighted by Gasteiger charge is 2.43. The lowest BCUT2D eigenvalue weighted by atomic mass is 9.81. The molecule has 0 unspecified atom stereocenters. The van der Waals surface area contributed by atoms with Gasteiger partial charge in [-0.2, -0.15) is 5.10 Å². The summed E-state index contributed by atoms with van der Waals surface area (Å²) in [6.45, 7) is 0. The van der Waals surface area contributed by atoms with Crippen molar-refractivity contribution in [2.75, 3.05) is 0 Å². The zero-order chi connectivity index (χ0) is 23.4. The van der Waals surface area contributed by atoms with Crippen LogP contribution in [0, 0.1) is 0 Å². The normalized spacial score (nSPS) is 19.2. The minimum Gasteiger partial charge on any atom is -0.327 e. The maximum Gasteiger partial charge on any atom is 0.254 e. The largest absolute Gasteiger partial charge is 0.327 e. The highest BCUT2D eigenvalue weighted by molar-refractivity contribution is 6.35. The Kier molecular flexibility index (Phi) is 5.19. The van der Waals surface area contributed by atoms with Gasteiger partial charge >= 0.3 is 0 Å². The van der Waals surface area contributed by atoms with Crippen molar-refractivity contribution < 1.29 is 4.79 Å². The van der Waals surface area contributed by atoms with E-state index in [1.165, 1.54) is 5.56 Å². The molecule has 0 aliphatic carbocycles. The van der Waals surface area contributed by atoms with Crippen molar-refractivity contribution in [2.24, 2.45) is 7.05 Å². The first-order valence-electron chi connectivity index (χ1n) is 11.3. The van der Waals surface area contributed by atoms with Crippen molar-refractivity contribution in [1.82, 2.24) is 29.4 Å². The highest BCUT2D eigenvalue weighted by atomic mass is 35.5. The van der Waals surface area contributed by atoms with Gasteiger partial charge in [-0.05, 0) is 62.1 Å². The van der Waals surface area contributed by atoms with Crippen LogP contribution in [-0.4, -0.2) is 41.4 Å². The van der Waals surface area contributed by atoms with Gasteiger partial charge in [0.25, 0.3) is 5.91 Å². The third-order valence-electron chi connectivity index (χ3n) is 6.86. The molecule has 2 atom stereocenters. The molecule has 7 nitrogen and oxygen atoms in total. The molecule has 172 valence electrons. The summed E-state index contributed by atoms with van der Waals surface area (Å²) in [4.78, 5) is 15.9. The fourth-order valence-corrected chi connectivity index (χ4v) is 6.01. The molecule has 4 aromatic rings. The molecule has 0 N–H and O–H groups in total. The van der Waals surface area contributed by atoms with Crippen molar-refractivity contribution >= 4 is 29.1 Å². The Labute approximate surface area is 206 Å². The van der Waals surface area contributed by atoms with Gasteiger partial charge in [0.15, 0.2) is 0 Å². The van der Waals surface area contributed by atoms with E-state index in [9.17, 15) is 4.79 Å². The molecule has 1 saturated heterocycles. The first kappa shape index (κ1) is 21.4. The van der Waals surface area contributed by atoms with Gasteiger partial charge in [-0.15, -0.1) is 10.2 Å². The SMILES string of the molecule is Cn1nc2c(c1-c1cc(Cl)cc(Cl)c1)C[C@H]1CCC[C@@H]2N1C(=O)c1cccc(-n2cnnc2)c1. The Balaban J connectivity index is 1.40. The van der Waals surface area contributed by atoms with Crippen molar-refractivity contribution in [3.8, 4) is 16.9 Å². The Hall–Kier alpha value is -3.16. The number of hydrogen-bond acceptors (Lipinski definition) is 4. The standard InChI is InChI=1S/C25H22Cl2N6O/c1-31-24(16-8-17(26)11-18(27)9-16)21-12-20-6-3-7-22(23(21)30-31)33(20)25(34)15-4-2-5-19(10-15)32-13-28-29-14-32/h2,4-5,8-11,13-14,20,22H,3,6-7,12H2,1H3/t20-,22+/m1/s1. The van der Waals surface area contributed by atoms with E-state index in [2.05, 4.69) is 15.1 Å². The highest BCUT2D eigenvalue weighted by Crippen LogP contribution is 2.45. The second kappa shape index (κ2) is 8.25. The average molecular weight is 493 g/mol. The number of benzene rings is 2. The van der Waals surface area contributed by atoms with Crippen LogP contribution in [0.3, 0.4) is 0 Å². The fourth-order valence-electron chi connectivity index (χ4n) is 5.48. The molecule has 2 aromatic carbocycles. The van der Waals surface area contributed by atoms with E-state index < -0.39 is 0 Å². The molecule has 1 fully saturated rings. The summed E-state index contributed by atoms with van der Waals surface area (Å²) >= 11 is 12.6. The first-order valence-corrected chi connectivity index (χ1v) is 12.0. The van der Waals surface area contributed by atoms with Crippen molar-refractivity contribution in [3.05, 3.63) is 82.0 Å². The average Bonchev–Trinajstić information content (AvgIpc) is 3.46. The zero-order valence-corrected chi connectivity index (χ0v) is 20.0. The third-order valence-corrected chi connectivity index (χ3v) is 7.29. The number of amides is 1. The number of carbonyl (C=O) groups is 1. The molecular weight excluding hydrogens is 471 g/mol. The molecule has 1 amide bonds. The van der Waals surface area contributed by atoms with Gasteiger partial charge in [0.2, 0.25) is 0 Å². The minimum atomic E-state index is -0.0526. The monoisotopic (exact) mass is 492 g/mol. The van der Waals surface area contributed by atoms with Crippen LogP contribution in [0.2, 0.25) is 10.0 Å². The summed E-state index contributed by atoms with van der Waals surface area (Å²) < 4.78 is 3.70. The van der Waals surface area contributed by atoms with Gasteiger partial charge in [-0.1, -0.05) is 29.3 Å². The van der Waals surface area contributed by atoms with E-state index in [4.69, 9.17) is 28.3 Å². The lowest BCUT2D eigenvalue weighted by Crippen LogP contribution is -2.49. The van der Waals surface area contributed by atoms with E-state index >= 15 is 0 Å². The molecule has 34 heavy (non-hydrogen) atoms. The minimum absolute atomic E-state index is 0.0354. The van der Waals surface area contributed by atoms with Crippen LogP contribution < -0.4 is 0 Å². The lowest BCUT2D eigenvalue weighted by Gasteiger charge is -2.45. The molecule has 9 heteroatoms. The van der Waals surface area contributed by atoms with Crippen LogP contribution in [0.25, 0.3) is 16.9 Å². The number of nitrogens with zero attached hydrogens (tertiary/aromatic N) is 6. The number of carbonyl (C=O) groups excluding carboxylic acids is 1. The lowest BCUT2D eigenvalue weighted by molar-refractivity contribution is 0.0392. The van der Waals surface area contributed by atoms with E-state index in [0.717, 1.165) is 48.3 Å². The maximum atomic E-state index is 13.8. The smallest absolute Gasteiger partial charge is 0.254 e. The van der Waals surface area contributed by atoms with Gasteiger partial charge in [0.05, 0.1) is 17.4 Å². The van der Waals surface area contributed by atoms with Crippen molar-refractivity contribution in [2.45, 2.75) is 37.8 Å². The van der Waals surface area contributed by atoms with Crippen molar-refractivity contribution in [1.29, 1.82) is 0 Å². The maximum absolute atomic E-state index is 13.8. The fraction of sp³-hybridized carbons (Fsp3) is 0.280. The Bertz CT molecular complexity index is 1380. The summed E-state index contributed by atoms with van der Waals surface area (Å²) in [6, 6.07) is 13.3. The molecule has 2 aliphatic rings. The molecule has 2 aromatic heterocycles. The van der Waals surface area contributed by atoms with Crippen LogP contribution in [0.1, 0.15) is 46.9 Å². The second-order valence-electron chi connectivity index (χ2n) is 8.93. The Morgan fingerprint density at radius 3 is 2.56 bits per heavy atom.